The molecule has 1 atom stereocenters. The second kappa shape index (κ2) is 7.64. The molecule has 4 saturated carbocycles. The molecule has 4 bridgehead atoms. The molecule has 2 aromatic heterocycles. The molecule has 0 aromatic carbocycles. The van der Waals surface area contributed by atoms with E-state index in [2.05, 4.69) is 15.1 Å². The number of aliphatic hydroxyl groups excluding tert-OH is 1. The van der Waals surface area contributed by atoms with Crippen LogP contribution in [-0.2, 0) is 6.18 Å². The Kier molecular flexibility index (Phi) is 5.11. The minimum absolute atomic E-state index is 0.335. The van der Waals surface area contributed by atoms with Gasteiger partial charge in [-0.2, -0.15) is 23.3 Å². The number of rotatable bonds is 5. The van der Waals surface area contributed by atoms with E-state index in [0.29, 0.717) is 17.8 Å². The molecule has 8 nitrogen and oxygen atoms in total. The van der Waals surface area contributed by atoms with Gasteiger partial charge in [0.2, 0.25) is 5.95 Å². The van der Waals surface area contributed by atoms with Crippen LogP contribution in [0.4, 0.5) is 29.3 Å². The predicted molar refractivity (Wildman–Crippen MR) is 108 cm³/mol. The number of hydrogen-bond donors (Lipinski definition) is 3. The molecule has 178 valence electrons. The maximum atomic E-state index is 13.7. The number of carbonyl (C=O) groups excluding carboxylic acids is 1. The first kappa shape index (κ1) is 22.1. The zero-order valence-electron chi connectivity index (χ0n) is 17.6. The molecule has 1 unspecified atom stereocenters. The first-order chi connectivity index (χ1) is 15.6. The van der Waals surface area contributed by atoms with Crippen molar-refractivity contribution >= 4 is 17.7 Å². The minimum atomic E-state index is -4.85. The maximum Gasteiger partial charge on any atom is 0.433 e. The maximum absolute atomic E-state index is 13.7. The molecule has 1 amide bonds. The summed E-state index contributed by atoms with van der Waals surface area (Å²) in [7, 11) is 0. The molecule has 4 N–H and O–H groups in total. The van der Waals surface area contributed by atoms with Crippen LogP contribution in [0.5, 0.6) is 0 Å². The van der Waals surface area contributed by atoms with Gasteiger partial charge in [0.05, 0.1) is 30.6 Å². The molecular formula is C21H24F4N6O2. The van der Waals surface area contributed by atoms with Crippen molar-refractivity contribution in [3.05, 3.63) is 29.5 Å². The largest absolute Gasteiger partial charge is 0.433 e. The fraction of sp³-hybridized carbons (Fsp3) is 0.619. The van der Waals surface area contributed by atoms with Crippen LogP contribution in [0.25, 0.3) is 0 Å². The number of nitrogens with one attached hydrogen (secondary N) is 1. The third-order valence-corrected chi connectivity index (χ3v) is 7.55. The van der Waals surface area contributed by atoms with Crippen LogP contribution in [0.1, 0.15) is 54.6 Å². The molecule has 12 heteroatoms. The molecular weight excluding hydrogens is 444 g/mol. The molecule has 2 aromatic rings. The SMILES string of the molecule is Nc1nc(N(CC(O)C23CC4CC(CC(C4)C2)C3)C(=O)c2cn[nH]c2C(F)(F)F)ncc1F. The Morgan fingerprint density at radius 2 is 1.82 bits per heavy atom. The van der Waals surface area contributed by atoms with Gasteiger partial charge < -0.3 is 10.8 Å². The Labute approximate surface area is 186 Å². The Bertz CT molecular complexity index is 1040. The number of halogens is 4. The molecule has 4 aliphatic rings. The van der Waals surface area contributed by atoms with Crippen LogP contribution in [0, 0.1) is 29.0 Å². The van der Waals surface area contributed by atoms with E-state index in [1.807, 2.05) is 0 Å². The van der Waals surface area contributed by atoms with Crippen molar-refractivity contribution in [3.63, 3.8) is 0 Å². The van der Waals surface area contributed by atoms with E-state index in [4.69, 9.17) is 5.73 Å². The highest BCUT2D eigenvalue weighted by Gasteiger charge is 2.54. The average molecular weight is 468 g/mol. The smallest absolute Gasteiger partial charge is 0.391 e. The van der Waals surface area contributed by atoms with Crippen molar-refractivity contribution in [3.8, 4) is 0 Å². The van der Waals surface area contributed by atoms with Crippen molar-refractivity contribution < 1.29 is 27.5 Å². The summed E-state index contributed by atoms with van der Waals surface area (Å²) in [6.45, 7) is -0.335. The number of nitrogens with zero attached hydrogens (tertiary/aromatic N) is 4. The van der Waals surface area contributed by atoms with E-state index < -0.39 is 46.5 Å². The summed E-state index contributed by atoms with van der Waals surface area (Å²) in [5, 5.41) is 16.5. The van der Waals surface area contributed by atoms with E-state index in [9.17, 15) is 27.5 Å². The third kappa shape index (κ3) is 3.83. The number of alkyl halides is 3. The number of H-pyrrole nitrogens is 1. The highest BCUT2D eigenvalue weighted by molar-refractivity contribution is 6.06. The molecule has 33 heavy (non-hydrogen) atoms. The van der Waals surface area contributed by atoms with Crippen LogP contribution < -0.4 is 10.6 Å². The Hall–Kier alpha value is -2.76. The van der Waals surface area contributed by atoms with Crippen LogP contribution >= 0.6 is 0 Å². The second-order valence-corrected chi connectivity index (χ2v) is 9.77. The molecule has 0 radical (unpaired) electrons. The lowest BCUT2D eigenvalue weighted by Crippen LogP contribution is -2.55. The molecule has 6 rings (SSSR count). The number of aromatic nitrogens is 4. The number of carbonyl (C=O) groups is 1. The Morgan fingerprint density at radius 3 is 2.36 bits per heavy atom. The lowest BCUT2D eigenvalue weighted by molar-refractivity contribution is -0.141. The van der Waals surface area contributed by atoms with Gasteiger partial charge in [-0.05, 0) is 61.7 Å². The summed E-state index contributed by atoms with van der Waals surface area (Å²) in [5.74, 6) is -1.42. The molecule has 2 heterocycles. The van der Waals surface area contributed by atoms with Gasteiger partial charge in [-0.15, -0.1) is 0 Å². The van der Waals surface area contributed by atoms with Crippen molar-refractivity contribution in [1.29, 1.82) is 0 Å². The summed E-state index contributed by atoms with van der Waals surface area (Å²) in [4.78, 5) is 21.7. The number of aliphatic hydroxyl groups is 1. The Morgan fingerprint density at radius 1 is 1.21 bits per heavy atom. The topological polar surface area (TPSA) is 121 Å². The standard InChI is InChI=1S/C21H24F4N6O2/c22-14-8-27-19(29-17(14)26)31(18(33)13-7-28-30-16(13)21(23,24)25)9-15(32)20-4-10-1-11(5-20)3-12(2-10)6-20/h7-8,10-12,15,32H,1-6,9H2,(H,28,30)(H2,26,27,29). The minimum Gasteiger partial charge on any atom is -0.391 e. The number of nitrogen functional groups attached to an aromatic ring is 1. The van der Waals surface area contributed by atoms with E-state index in [1.54, 1.807) is 5.10 Å². The first-order valence-electron chi connectivity index (χ1n) is 10.9. The highest BCUT2D eigenvalue weighted by atomic mass is 19.4. The molecule has 0 spiro atoms. The highest BCUT2D eigenvalue weighted by Crippen LogP contribution is 2.61. The van der Waals surface area contributed by atoms with Crippen LogP contribution in [-0.4, -0.2) is 43.8 Å². The van der Waals surface area contributed by atoms with E-state index in [0.717, 1.165) is 55.8 Å². The Balaban J connectivity index is 1.49. The summed E-state index contributed by atoms with van der Waals surface area (Å²) in [6, 6.07) is 0. The fourth-order valence-corrected chi connectivity index (χ4v) is 6.52. The predicted octanol–water partition coefficient (Wildman–Crippen LogP) is 3.16. The zero-order valence-corrected chi connectivity index (χ0v) is 17.6. The normalized spacial score (nSPS) is 29.3. The molecule has 4 aliphatic carbocycles. The van der Waals surface area contributed by atoms with Gasteiger partial charge in [0.1, 0.15) is 0 Å². The lowest BCUT2D eigenvalue weighted by Gasteiger charge is -2.58. The van der Waals surface area contributed by atoms with Crippen LogP contribution in [0.15, 0.2) is 12.4 Å². The van der Waals surface area contributed by atoms with Crippen molar-refractivity contribution in [2.45, 2.75) is 50.8 Å². The van der Waals surface area contributed by atoms with E-state index in [-0.39, 0.29) is 12.5 Å². The average Bonchev–Trinajstić information content (AvgIpc) is 3.23. The van der Waals surface area contributed by atoms with Gasteiger partial charge in [0, 0.05) is 0 Å². The summed E-state index contributed by atoms with van der Waals surface area (Å²) < 4.78 is 53.9. The summed E-state index contributed by atoms with van der Waals surface area (Å²) >= 11 is 0. The van der Waals surface area contributed by atoms with Crippen molar-refractivity contribution in [2.75, 3.05) is 17.2 Å². The van der Waals surface area contributed by atoms with Gasteiger partial charge in [0.15, 0.2) is 17.3 Å². The molecule has 0 saturated heterocycles. The monoisotopic (exact) mass is 468 g/mol. The summed E-state index contributed by atoms with van der Waals surface area (Å²) in [5.41, 5.74) is 3.05. The van der Waals surface area contributed by atoms with Crippen LogP contribution in [0.3, 0.4) is 0 Å². The molecule has 0 aliphatic heterocycles. The van der Waals surface area contributed by atoms with Gasteiger partial charge in [-0.1, -0.05) is 0 Å². The van der Waals surface area contributed by atoms with Gasteiger partial charge in [0.25, 0.3) is 5.91 Å². The first-order valence-corrected chi connectivity index (χ1v) is 10.9. The number of aromatic amines is 1. The second-order valence-electron chi connectivity index (χ2n) is 9.77. The number of hydrogen-bond acceptors (Lipinski definition) is 6. The van der Waals surface area contributed by atoms with Crippen LogP contribution in [0.2, 0.25) is 0 Å². The third-order valence-electron chi connectivity index (χ3n) is 7.55. The van der Waals surface area contributed by atoms with E-state index in [1.165, 1.54) is 0 Å². The van der Waals surface area contributed by atoms with E-state index >= 15 is 0 Å². The number of amides is 1. The van der Waals surface area contributed by atoms with Crippen molar-refractivity contribution in [2.24, 2.45) is 23.2 Å². The van der Waals surface area contributed by atoms with Gasteiger partial charge in [-0.3, -0.25) is 14.8 Å². The number of nitrogens with two attached hydrogens (primary N) is 1. The zero-order chi connectivity index (χ0) is 23.5. The lowest BCUT2D eigenvalue weighted by atomic mass is 9.48. The quantitative estimate of drug-likeness (QED) is 0.580. The fourth-order valence-electron chi connectivity index (χ4n) is 6.52. The summed E-state index contributed by atoms with van der Waals surface area (Å²) in [6.07, 6.45) is 1.50. The van der Waals surface area contributed by atoms with Gasteiger partial charge in [-0.25, -0.2) is 9.37 Å². The molecule has 4 fully saturated rings. The van der Waals surface area contributed by atoms with Gasteiger partial charge >= 0.3 is 6.18 Å². The van der Waals surface area contributed by atoms with Crippen molar-refractivity contribution in [1.82, 2.24) is 20.2 Å². The number of anilines is 2.